The van der Waals surface area contributed by atoms with Crippen molar-refractivity contribution in [1.29, 1.82) is 0 Å². The van der Waals surface area contributed by atoms with Crippen molar-refractivity contribution in [3.8, 4) is 5.75 Å². The summed E-state index contributed by atoms with van der Waals surface area (Å²) in [6, 6.07) is 5.55. The van der Waals surface area contributed by atoms with E-state index in [2.05, 4.69) is 20.5 Å². The predicted molar refractivity (Wildman–Crippen MR) is 155 cm³/mol. The van der Waals surface area contributed by atoms with Crippen LogP contribution in [0.1, 0.15) is 75.6 Å². The van der Waals surface area contributed by atoms with Gasteiger partial charge in [-0.15, -0.1) is 0 Å². The molecule has 2 unspecified atom stereocenters. The number of methoxy groups -OCH3 is 1. The summed E-state index contributed by atoms with van der Waals surface area (Å²) < 4.78 is 5.61. The molecule has 2 heterocycles. The molecule has 3 aliphatic rings. The van der Waals surface area contributed by atoms with Crippen molar-refractivity contribution >= 4 is 35.0 Å². The fourth-order valence-electron chi connectivity index (χ4n) is 6.33. The highest BCUT2D eigenvalue weighted by atomic mass is 16.5. The van der Waals surface area contributed by atoms with E-state index in [0.29, 0.717) is 47.8 Å². The van der Waals surface area contributed by atoms with E-state index >= 15 is 0 Å². The third-order valence-corrected chi connectivity index (χ3v) is 8.70. The summed E-state index contributed by atoms with van der Waals surface area (Å²) in [5, 5.41) is 16.5. The number of aliphatic hydroxyl groups is 1. The van der Waals surface area contributed by atoms with Gasteiger partial charge in [0.15, 0.2) is 5.82 Å². The molecule has 216 valence electrons. The maximum atomic E-state index is 13.3. The van der Waals surface area contributed by atoms with Crippen molar-refractivity contribution in [2.24, 2.45) is 11.3 Å². The number of nitrogens with one attached hydrogen (secondary N) is 2. The second-order valence-corrected chi connectivity index (χ2v) is 12.1. The molecular weight excluding hydrogens is 508 g/mol. The first-order valence-electron chi connectivity index (χ1n) is 14.5. The number of hydrogen-bond donors (Lipinski definition) is 3. The zero-order valence-electron chi connectivity index (χ0n) is 24.1. The second kappa shape index (κ2) is 11.6. The summed E-state index contributed by atoms with van der Waals surface area (Å²) in [5.74, 6) is 1.58. The molecule has 10 heteroatoms. The highest BCUT2D eigenvalue weighted by molar-refractivity contribution is 6.01. The summed E-state index contributed by atoms with van der Waals surface area (Å²) >= 11 is 0. The highest BCUT2D eigenvalue weighted by Crippen LogP contribution is 2.40. The zero-order chi connectivity index (χ0) is 28.4. The van der Waals surface area contributed by atoms with Gasteiger partial charge < -0.3 is 30.3 Å². The summed E-state index contributed by atoms with van der Waals surface area (Å²) in [5.41, 5.74) is 1.26. The lowest BCUT2D eigenvalue weighted by Crippen LogP contribution is -2.45. The summed E-state index contributed by atoms with van der Waals surface area (Å²) in [6.45, 7) is 5.03. The monoisotopic (exact) mass is 550 g/mol. The minimum Gasteiger partial charge on any atom is -0.495 e. The van der Waals surface area contributed by atoms with Gasteiger partial charge in [0, 0.05) is 37.7 Å². The molecule has 1 aromatic carbocycles. The van der Waals surface area contributed by atoms with Gasteiger partial charge in [0.05, 0.1) is 30.5 Å². The van der Waals surface area contributed by atoms with Crippen LogP contribution in [0.3, 0.4) is 0 Å². The van der Waals surface area contributed by atoms with Crippen LogP contribution in [0.5, 0.6) is 5.75 Å². The molecule has 2 atom stereocenters. The van der Waals surface area contributed by atoms with Crippen molar-refractivity contribution in [3.05, 3.63) is 30.0 Å². The topological polar surface area (TPSA) is 120 Å². The van der Waals surface area contributed by atoms with Crippen molar-refractivity contribution in [1.82, 2.24) is 15.3 Å². The van der Waals surface area contributed by atoms with E-state index in [0.717, 1.165) is 44.3 Å². The lowest BCUT2D eigenvalue weighted by atomic mass is 9.86. The number of benzene rings is 1. The van der Waals surface area contributed by atoms with Crippen molar-refractivity contribution in [2.75, 3.05) is 42.4 Å². The van der Waals surface area contributed by atoms with Gasteiger partial charge in [-0.3, -0.25) is 9.59 Å². The Hall–Kier alpha value is -3.40. The van der Waals surface area contributed by atoms with Gasteiger partial charge in [-0.1, -0.05) is 25.7 Å². The van der Waals surface area contributed by atoms with Crippen LogP contribution in [0, 0.1) is 11.3 Å². The lowest BCUT2D eigenvalue weighted by Gasteiger charge is -2.34. The maximum Gasteiger partial charge on any atom is 0.251 e. The van der Waals surface area contributed by atoms with Gasteiger partial charge in [0.2, 0.25) is 11.9 Å². The highest BCUT2D eigenvalue weighted by Gasteiger charge is 2.41. The Balaban J connectivity index is 1.36. The van der Waals surface area contributed by atoms with Gasteiger partial charge in [0.25, 0.3) is 5.91 Å². The largest absolute Gasteiger partial charge is 0.495 e. The molecule has 2 fully saturated rings. The van der Waals surface area contributed by atoms with E-state index < -0.39 is 5.41 Å². The number of amides is 2. The zero-order valence-corrected chi connectivity index (χ0v) is 24.1. The molecule has 0 radical (unpaired) electrons. The van der Waals surface area contributed by atoms with Gasteiger partial charge in [-0.05, 0) is 57.7 Å². The number of ether oxygens (including phenoxy) is 1. The Morgan fingerprint density at radius 3 is 2.60 bits per heavy atom. The standard InChI is InChI=1S/C30H42N6O4/c1-30(2)18-36(21-10-6-7-11-21)26-23(35(3)28(30)39)17-32-29(34-26)33-22-14-13-19(15-25(22)40-4)27(38)31-16-20-9-5-8-12-24(20)37/h13-15,17,20-21,24,37H,5-12,16,18H2,1-4H3,(H,31,38)(H,32,33,34). The number of carbonyl (C=O) groups excluding carboxylic acids is 2. The molecule has 10 nitrogen and oxygen atoms in total. The quantitative estimate of drug-likeness (QED) is 0.468. The molecule has 2 aromatic rings. The molecule has 2 aliphatic carbocycles. The Morgan fingerprint density at radius 2 is 1.88 bits per heavy atom. The molecule has 0 saturated heterocycles. The minimum absolute atomic E-state index is 0.0482. The number of rotatable bonds is 7. The molecule has 1 aromatic heterocycles. The van der Waals surface area contributed by atoms with E-state index in [-0.39, 0.29) is 23.8 Å². The van der Waals surface area contributed by atoms with Crippen LogP contribution in [-0.4, -0.2) is 66.3 Å². The van der Waals surface area contributed by atoms with E-state index in [1.165, 1.54) is 12.8 Å². The molecule has 5 rings (SSSR count). The van der Waals surface area contributed by atoms with Gasteiger partial charge in [-0.2, -0.15) is 4.98 Å². The van der Waals surface area contributed by atoms with Crippen LogP contribution in [-0.2, 0) is 4.79 Å². The van der Waals surface area contributed by atoms with Crippen molar-refractivity contribution in [3.63, 3.8) is 0 Å². The number of aromatic nitrogens is 2. The van der Waals surface area contributed by atoms with Crippen LogP contribution in [0.4, 0.5) is 23.1 Å². The van der Waals surface area contributed by atoms with Gasteiger partial charge in [0.1, 0.15) is 11.4 Å². The molecule has 3 N–H and O–H groups in total. The number of carbonyl (C=O) groups is 2. The maximum absolute atomic E-state index is 13.3. The van der Waals surface area contributed by atoms with Crippen LogP contribution < -0.4 is 25.2 Å². The molecule has 40 heavy (non-hydrogen) atoms. The average Bonchev–Trinajstić information content (AvgIpc) is 3.47. The average molecular weight is 551 g/mol. The summed E-state index contributed by atoms with van der Waals surface area (Å²) in [6.07, 6.45) is 9.70. The Kier molecular flexibility index (Phi) is 8.16. The number of fused-ring (bicyclic) bond motifs is 1. The fraction of sp³-hybridized carbons (Fsp3) is 0.600. The third kappa shape index (κ3) is 5.73. The Labute approximate surface area is 236 Å². The van der Waals surface area contributed by atoms with E-state index in [4.69, 9.17) is 9.72 Å². The fourth-order valence-corrected chi connectivity index (χ4v) is 6.33. The summed E-state index contributed by atoms with van der Waals surface area (Å²) in [4.78, 5) is 39.6. The van der Waals surface area contributed by atoms with Crippen LogP contribution in [0.25, 0.3) is 0 Å². The summed E-state index contributed by atoms with van der Waals surface area (Å²) in [7, 11) is 3.35. The number of anilines is 4. The third-order valence-electron chi connectivity index (χ3n) is 8.70. The molecule has 2 saturated carbocycles. The number of hydrogen-bond acceptors (Lipinski definition) is 8. The van der Waals surface area contributed by atoms with E-state index in [9.17, 15) is 14.7 Å². The van der Waals surface area contributed by atoms with E-state index in [1.54, 1.807) is 43.5 Å². The van der Waals surface area contributed by atoms with Crippen LogP contribution >= 0.6 is 0 Å². The molecule has 0 bridgehead atoms. The number of aliphatic hydroxyl groups excluding tert-OH is 1. The Bertz CT molecular complexity index is 1240. The first-order valence-corrected chi connectivity index (χ1v) is 14.5. The predicted octanol–water partition coefficient (Wildman–Crippen LogP) is 4.26. The normalized spacial score (nSPS) is 23.0. The molecule has 0 spiro atoms. The van der Waals surface area contributed by atoms with Crippen molar-refractivity contribution < 1.29 is 19.4 Å². The Morgan fingerprint density at radius 1 is 1.15 bits per heavy atom. The first-order chi connectivity index (χ1) is 19.2. The smallest absolute Gasteiger partial charge is 0.251 e. The van der Waals surface area contributed by atoms with Gasteiger partial charge in [-0.25, -0.2) is 4.98 Å². The molecule has 1 aliphatic heterocycles. The van der Waals surface area contributed by atoms with Gasteiger partial charge >= 0.3 is 0 Å². The first kappa shape index (κ1) is 28.1. The molecule has 2 amide bonds. The van der Waals surface area contributed by atoms with Crippen molar-refractivity contribution in [2.45, 2.75) is 77.4 Å². The molecular formula is C30H42N6O4. The SMILES string of the molecule is COc1cc(C(=O)NCC2CCCCC2O)ccc1Nc1ncc2c(n1)N(C1CCCC1)CC(C)(C)C(=O)N2C. The van der Waals surface area contributed by atoms with Crippen LogP contribution in [0.2, 0.25) is 0 Å². The number of nitrogens with zero attached hydrogens (tertiary/aromatic N) is 4. The van der Waals surface area contributed by atoms with E-state index in [1.807, 2.05) is 13.8 Å². The lowest BCUT2D eigenvalue weighted by molar-refractivity contribution is -0.125. The minimum atomic E-state index is -0.555. The second-order valence-electron chi connectivity index (χ2n) is 12.1. The van der Waals surface area contributed by atoms with Crippen LogP contribution in [0.15, 0.2) is 24.4 Å².